The van der Waals surface area contributed by atoms with Crippen LogP contribution in [0, 0.1) is 18.8 Å². The first-order valence-electron chi connectivity index (χ1n) is 12.7. The standard InChI is InChI=1S/C32H17F2IO7S/c33-18-9-14-30(25(34)15-18)43(38,39)42-35(19-10-12-28-23(16-19)31(36)21-5-1-3-7-26(21)40-28)20-11-13-29-24(17-20)32(37)22-6-2-4-8-27(22)41-29/h1-17H/q+1. The van der Waals surface area contributed by atoms with Gasteiger partial charge in [0.15, 0.2) is 7.14 Å². The molecule has 0 aliphatic carbocycles. The first-order chi connectivity index (χ1) is 20.7. The van der Waals surface area contributed by atoms with Crippen LogP contribution in [-0.4, -0.2) is 8.42 Å². The molecule has 2 aromatic heterocycles. The lowest BCUT2D eigenvalue weighted by molar-refractivity contribution is -1.03. The molecular formula is C32H17F2IO7S+. The summed E-state index contributed by atoms with van der Waals surface area (Å²) in [6.45, 7) is 0. The molecule has 0 aliphatic heterocycles. The SMILES string of the molecule is O=c1c2ccccc2oc2ccc([I+](OS(=O)(=O)c3ccc(F)cc3F)c3ccc4oc5ccccc5c(=O)c4c3)cc12. The van der Waals surface area contributed by atoms with Crippen molar-refractivity contribution in [3.63, 3.8) is 0 Å². The number of hydrogen-bond donors (Lipinski definition) is 0. The zero-order chi connectivity index (χ0) is 29.9. The minimum absolute atomic E-state index is 0.193. The smallest absolute Gasteiger partial charge is 0.339 e. The molecule has 0 bridgehead atoms. The van der Waals surface area contributed by atoms with Gasteiger partial charge < -0.3 is 8.83 Å². The molecule has 7 aromatic rings. The fraction of sp³-hybridized carbons (Fsp3) is 0. The van der Waals surface area contributed by atoms with Gasteiger partial charge in [0.1, 0.15) is 38.9 Å². The van der Waals surface area contributed by atoms with E-state index >= 15 is 0 Å². The molecule has 0 fully saturated rings. The Morgan fingerprint density at radius 1 is 0.581 bits per heavy atom. The molecule has 213 valence electrons. The van der Waals surface area contributed by atoms with Crippen molar-refractivity contribution in [3.8, 4) is 0 Å². The third-order valence-corrected chi connectivity index (χ3v) is 14.0. The van der Waals surface area contributed by atoms with Crippen LogP contribution in [0.2, 0.25) is 0 Å². The Bertz CT molecular complexity index is 2360. The minimum Gasteiger partial charge on any atom is -0.456 e. The van der Waals surface area contributed by atoms with E-state index in [1.165, 1.54) is 12.1 Å². The third-order valence-electron chi connectivity index (χ3n) is 6.78. The van der Waals surface area contributed by atoms with Crippen LogP contribution in [0.1, 0.15) is 0 Å². The second kappa shape index (κ2) is 10.4. The number of benzene rings is 5. The maximum atomic E-state index is 14.6. The van der Waals surface area contributed by atoms with E-state index in [1.54, 1.807) is 72.8 Å². The van der Waals surface area contributed by atoms with E-state index in [0.29, 0.717) is 35.1 Å². The summed E-state index contributed by atoms with van der Waals surface area (Å²) < 4.78 is 73.3. The fourth-order valence-electron chi connectivity index (χ4n) is 4.76. The van der Waals surface area contributed by atoms with Crippen molar-refractivity contribution in [1.82, 2.24) is 0 Å². The Balaban J connectivity index is 1.45. The highest BCUT2D eigenvalue weighted by molar-refractivity contribution is 7.86. The molecule has 0 N–H and O–H groups in total. The van der Waals surface area contributed by atoms with Crippen LogP contribution in [0.5, 0.6) is 0 Å². The number of hydrogen-bond acceptors (Lipinski definition) is 7. The molecule has 43 heavy (non-hydrogen) atoms. The van der Waals surface area contributed by atoms with Gasteiger partial charge in [-0.2, -0.15) is 8.42 Å². The van der Waals surface area contributed by atoms with E-state index in [4.69, 9.17) is 11.3 Å². The average Bonchev–Trinajstić information content (AvgIpc) is 3.00. The predicted octanol–water partition coefficient (Wildman–Crippen LogP) is 3.47. The molecule has 0 spiro atoms. The van der Waals surface area contributed by atoms with E-state index in [9.17, 15) is 26.8 Å². The average molecular weight is 710 g/mol. The van der Waals surface area contributed by atoms with Crippen molar-refractivity contribution in [1.29, 1.82) is 0 Å². The highest BCUT2D eigenvalue weighted by Crippen LogP contribution is 2.20. The van der Waals surface area contributed by atoms with Crippen molar-refractivity contribution in [2.75, 3.05) is 0 Å². The zero-order valence-electron chi connectivity index (χ0n) is 21.7. The Morgan fingerprint density at radius 3 is 1.58 bits per heavy atom. The van der Waals surface area contributed by atoms with Crippen molar-refractivity contribution in [3.05, 3.63) is 142 Å². The molecule has 5 aromatic carbocycles. The highest BCUT2D eigenvalue weighted by atomic mass is 127. The van der Waals surface area contributed by atoms with Gasteiger partial charge in [-0.15, -0.1) is 0 Å². The van der Waals surface area contributed by atoms with Crippen LogP contribution < -0.4 is 31.1 Å². The second-order valence-corrected chi connectivity index (χ2v) is 15.9. The summed E-state index contributed by atoms with van der Waals surface area (Å²) >= 11 is -3.61. The molecule has 0 saturated heterocycles. The van der Waals surface area contributed by atoms with Crippen LogP contribution in [-0.2, 0) is 12.6 Å². The Labute approximate surface area is 249 Å². The summed E-state index contributed by atoms with van der Waals surface area (Å²) in [5, 5.41) is 1.06. The van der Waals surface area contributed by atoms with Gasteiger partial charge in [-0.25, -0.2) is 8.78 Å². The predicted molar refractivity (Wildman–Crippen MR) is 152 cm³/mol. The molecule has 0 amide bonds. The Morgan fingerprint density at radius 2 is 1.07 bits per heavy atom. The van der Waals surface area contributed by atoms with Crippen molar-refractivity contribution < 1.29 is 48.8 Å². The van der Waals surface area contributed by atoms with Gasteiger partial charge in [0.05, 0.1) is 21.5 Å². The van der Waals surface area contributed by atoms with Gasteiger partial charge in [0.2, 0.25) is 10.9 Å². The maximum absolute atomic E-state index is 14.6. The Kier molecular flexibility index (Phi) is 6.60. The van der Waals surface area contributed by atoms with E-state index in [2.05, 4.69) is 0 Å². The molecular weight excluding hydrogens is 693 g/mol. The summed E-state index contributed by atoms with van der Waals surface area (Å²) in [6.07, 6.45) is 0. The molecule has 0 atom stereocenters. The third kappa shape index (κ3) is 4.79. The number of para-hydroxylation sites is 2. The van der Waals surface area contributed by atoms with Crippen LogP contribution in [0.3, 0.4) is 0 Å². The molecule has 0 unspecified atom stereocenters. The van der Waals surface area contributed by atoms with Gasteiger partial charge in [0, 0.05) is 18.2 Å². The van der Waals surface area contributed by atoms with Crippen molar-refractivity contribution in [2.45, 2.75) is 4.90 Å². The molecule has 0 saturated carbocycles. The summed E-state index contributed by atoms with van der Waals surface area (Å²) in [6, 6.07) is 24.7. The van der Waals surface area contributed by atoms with Crippen molar-refractivity contribution in [2.24, 2.45) is 0 Å². The molecule has 7 nitrogen and oxygen atoms in total. The zero-order valence-corrected chi connectivity index (χ0v) is 24.7. The highest BCUT2D eigenvalue weighted by Gasteiger charge is 2.40. The monoisotopic (exact) mass is 710 g/mol. The minimum atomic E-state index is -4.77. The molecule has 11 heteroatoms. The lowest BCUT2D eigenvalue weighted by Crippen LogP contribution is -3.85. The number of halogens is 3. The largest absolute Gasteiger partial charge is 0.456 e. The second-order valence-electron chi connectivity index (χ2n) is 9.48. The molecule has 7 rings (SSSR count). The lowest BCUT2D eigenvalue weighted by atomic mass is 10.1. The summed E-state index contributed by atoms with van der Waals surface area (Å²) in [5.41, 5.74) is 0.687. The normalized spacial score (nSPS) is 12.2. The van der Waals surface area contributed by atoms with E-state index < -0.39 is 46.9 Å². The van der Waals surface area contributed by atoms with E-state index in [1.807, 2.05) is 0 Å². The van der Waals surface area contributed by atoms with Gasteiger partial charge in [-0.05, 0) is 63.2 Å². The lowest BCUT2D eigenvalue weighted by Gasteiger charge is -2.09. The fourth-order valence-corrected chi connectivity index (χ4v) is 11.8. The van der Waals surface area contributed by atoms with Crippen LogP contribution in [0.4, 0.5) is 8.78 Å². The number of fused-ring (bicyclic) bond motifs is 4. The van der Waals surface area contributed by atoms with Gasteiger partial charge in [0.25, 0.3) is 0 Å². The van der Waals surface area contributed by atoms with E-state index in [0.717, 1.165) is 12.1 Å². The molecule has 2 heterocycles. The quantitative estimate of drug-likeness (QED) is 0.199. The molecule has 0 aliphatic rings. The first kappa shape index (κ1) is 27.4. The maximum Gasteiger partial charge on any atom is 0.339 e. The summed E-state index contributed by atoms with van der Waals surface area (Å²) in [5.74, 6) is -2.26. The van der Waals surface area contributed by atoms with Gasteiger partial charge in [-0.1, -0.05) is 24.3 Å². The summed E-state index contributed by atoms with van der Waals surface area (Å²) in [7, 11) is -4.77. The summed E-state index contributed by atoms with van der Waals surface area (Å²) in [4.78, 5) is 25.9. The van der Waals surface area contributed by atoms with Crippen LogP contribution >= 0.6 is 0 Å². The van der Waals surface area contributed by atoms with Gasteiger partial charge in [-0.3, -0.25) is 9.59 Å². The van der Waals surface area contributed by atoms with Crippen molar-refractivity contribution >= 4 is 54.0 Å². The Hall–Kier alpha value is -4.46. The molecule has 1 radical (unpaired) electrons. The van der Waals surface area contributed by atoms with Gasteiger partial charge >= 0.3 is 30.4 Å². The number of rotatable bonds is 5. The first-order valence-corrected chi connectivity index (χ1v) is 17.2. The van der Waals surface area contributed by atoms with Crippen LogP contribution in [0.25, 0.3) is 43.9 Å². The van der Waals surface area contributed by atoms with Crippen LogP contribution in [0.15, 0.2) is 126 Å². The van der Waals surface area contributed by atoms with E-state index in [-0.39, 0.29) is 32.8 Å². The topological polar surface area (TPSA) is 104 Å².